The van der Waals surface area contributed by atoms with Gasteiger partial charge in [0.15, 0.2) is 0 Å². The number of fused-ring (bicyclic) bond motifs is 4. The van der Waals surface area contributed by atoms with Gasteiger partial charge >= 0.3 is 18.9 Å². The number of carboxylic acids is 1. The molecule has 2 bridgehead atoms. The molecule has 1 aromatic carbocycles. The summed E-state index contributed by atoms with van der Waals surface area (Å²) in [5.74, 6) is -0.355. The Morgan fingerprint density at radius 1 is 1.40 bits per heavy atom. The van der Waals surface area contributed by atoms with Crippen LogP contribution >= 0.6 is 0 Å². The number of aromatic nitrogens is 2. The Kier molecular flexibility index (Phi) is 5.55. The molecular weight excluding hydrogens is 311 g/mol. The molecule has 0 aliphatic carbocycles. The molecule has 0 unspecified atom stereocenters. The molecule has 0 spiro atoms. The molecule has 128 valence electrons. The third-order valence-corrected chi connectivity index (χ3v) is 5.53. The Morgan fingerprint density at radius 3 is 2.80 bits per heavy atom. The fourth-order valence-corrected chi connectivity index (χ4v) is 4.28. The molecule has 1 aromatic heterocycles. The molecule has 2 aromatic rings. The third kappa shape index (κ3) is 3.63. The maximum absolute atomic E-state index is 11.5. The molecule has 0 amide bonds. The second-order valence-electron chi connectivity index (χ2n) is 7.14. The topological polar surface area (TPSA) is 84.1 Å². The largest absolute Gasteiger partial charge is 1.00 e. The van der Waals surface area contributed by atoms with Crippen molar-refractivity contribution in [3.63, 3.8) is 0 Å². The van der Waals surface area contributed by atoms with Crippen LogP contribution in [0.4, 0.5) is 0 Å². The summed E-state index contributed by atoms with van der Waals surface area (Å²) < 4.78 is 0. The Bertz CT molecular complexity index is 768. The van der Waals surface area contributed by atoms with E-state index in [0.717, 1.165) is 36.7 Å². The van der Waals surface area contributed by atoms with E-state index in [2.05, 4.69) is 20.4 Å². The van der Waals surface area contributed by atoms with Gasteiger partial charge in [0.25, 0.3) is 0 Å². The summed E-state index contributed by atoms with van der Waals surface area (Å²) >= 11 is 0. The van der Waals surface area contributed by atoms with Gasteiger partial charge in [0.2, 0.25) is 0 Å². The number of aromatic carboxylic acids is 1. The average molecular weight is 334 g/mol. The fraction of sp³-hybridized carbons (Fsp3) is 0.556. The van der Waals surface area contributed by atoms with Crippen molar-refractivity contribution in [1.29, 1.82) is 0 Å². The van der Waals surface area contributed by atoms with Gasteiger partial charge < -0.3 is 20.1 Å². The normalized spacial score (nSPS) is 25.1. The monoisotopic (exact) mass is 334 g/mol. The predicted octanol–water partition coefficient (Wildman–Crippen LogP) is -2.53. The van der Waals surface area contributed by atoms with Crippen molar-refractivity contribution in [2.75, 3.05) is 26.2 Å². The first-order chi connectivity index (χ1) is 11.6. The van der Waals surface area contributed by atoms with E-state index >= 15 is 0 Å². The number of aromatic amines is 1. The molecule has 2 N–H and O–H groups in total. The number of H-pyrrole nitrogens is 1. The maximum atomic E-state index is 11.5. The van der Waals surface area contributed by atoms with Gasteiger partial charge in [-0.05, 0) is 56.5 Å². The Morgan fingerprint density at radius 2 is 2.16 bits per heavy atom. The van der Waals surface area contributed by atoms with Crippen LogP contribution in [-0.4, -0.2) is 53.3 Å². The van der Waals surface area contributed by atoms with Crippen molar-refractivity contribution in [3.05, 3.63) is 29.0 Å². The molecule has 7 heteroatoms. The van der Waals surface area contributed by atoms with E-state index in [9.17, 15) is 9.90 Å². The van der Waals surface area contributed by atoms with Crippen molar-refractivity contribution in [1.82, 2.24) is 20.4 Å². The number of hydrogen-bond donors (Lipinski definition) is 2. The number of aryl methyl sites for hydroxylation is 1. The Hall–Kier alpha value is -1.32. The Balaban J connectivity index is 0.00000182. The molecule has 25 heavy (non-hydrogen) atoms. The van der Waals surface area contributed by atoms with Gasteiger partial charge in [-0.15, -0.1) is 0 Å². The number of hydrogen-bond acceptors (Lipinski definition) is 5. The van der Waals surface area contributed by atoms with Gasteiger partial charge in [-0.25, -0.2) is 0 Å². The first kappa shape index (κ1) is 18.5. The zero-order valence-electron chi connectivity index (χ0n) is 15.0. The number of carboxylic acid groups (broad SMARTS) is 1. The summed E-state index contributed by atoms with van der Waals surface area (Å²) in [6.07, 6.45) is 3.32. The first-order valence-corrected chi connectivity index (χ1v) is 8.76. The van der Waals surface area contributed by atoms with E-state index in [-0.39, 0.29) is 24.4 Å². The van der Waals surface area contributed by atoms with Crippen molar-refractivity contribution in [2.45, 2.75) is 32.2 Å². The van der Waals surface area contributed by atoms with Gasteiger partial charge in [-0.1, -0.05) is 0 Å². The molecular formula is C18H23LiN4O2. The summed E-state index contributed by atoms with van der Waals surface area (Å²) in [5, 5.41) is 23.1. The van der Waals surface area contributed by atoms with Crippen molar-refractivity contribution < 1.29 is 28.8 Å². The van der Waals surface area contributed by atoms with Crippen LogP contribution in [0.15, 0.2) is 12.1 Å². The second-order valence-corrected chi connectivity index (χ2v) is 7.14. The SMILES string of the molecule is Cc1cc(C(=O)[O-])c2c(CCN[C@@H]3CN4CCC3CC4)[nH]nc2c1.[Li+]. The van der Waals surface area contributed by atoms with Crippen LogP contribution < -0.4 is 29.3 Å². The molecule has 3 aliphatic rings. The van der Waals surface area contributed by atoms with Crippen LogP contribution in [0.5, 0.6) is 0 Å². The van der Waals surface area contributed by atoms with Crippen LogP contribution in [0.25, 0.3) is 10.9 Å². The predicted molar refractivity (Wildman–Crippen MR) is 89.8 cm³/mol. The minimum absolute atomic E-state index is 0. The van der Waals surface area contributed by atoms with Crippen LogP contribution in [0, 0.1) is 12.8 Å². The van der Waals surface area contributed by atoms with E-state index in [1.807, 2.05) is 13.0 Å². The van der Waals surface area contributed by atoms with E-state index in [0.29, 0.717) is 16.9 Å². The van der Waals surface area contributed by atoms with Crippen molar-refractivity contribution >= 4 is 16.9 Å². The molecule has 3 fully saturated rings. The van der Waals surface area contributed by atoms with E-state index in [4.69, 9.17) is 0 Å². The quantitative estimate of drug-likeness (QED) is 0.589. The molecule has 6 nitrogen and oxygen atoms in total. The summed E-state index contributed by atoms with van der Waals surface area (Å²) in [4.78, 5) is 14.0. The molecule has 0 saturated carbocycles. The zero-order valence-corrected chi connectivity index (χ0v) is 15.0. The van der Waals surface area contributed by atoms with Crippen molar-refractivity contribution in [2.24, 2.45) is 5.92 Å². The van der Waals surface area contributed by atoms with Crippen LogP contribution in [-0.2, 0) is 6.42 Å². The number of rotatable bonds is 5. The number of carbonyl (C=O) groups is 1. The fourth-order valence-electron chi connectivity index (χ4n) is 4.28. The smallest absolute Gasteiger partial charge is 0.545 e. The van der Waals surface area contributed by atoms with Crippen LogP contribution in [0.2, 0.25) is 0 Å². The third-order valence-electron chi connectivity index (χ3n) is 5.53. The van der Waals surface area contributed by atoms with Gasteiger partial charge in [0.05, 0.1) is 11.5 Å². The number of benzene rings is 1. The van der Waals surface area contributed by atoms with Gasteiger partial charge in [-0.3, -0.25) is 5.10 Å². The van der Waals surface area contributed by atoms with E-state index in [1.54, 1.807) is 6.07 Å². The first-order valence-electron chi connectivity index (χ1n) is 8.76. The van der Waals surface area contributed by atoms with Crippen LogP contribution in [0.3, 0.4) is 0 Å². The molecule has 1 atom stereocenters. The number of nitrogens with one attached hydrogen (secondary N) is 2. The summed E-state index contributed by atoms with van der Waals surface area (Å²) in [6, 6.07) is 4.13. The van der Waals surface area contributed by atoms with Crippen LogP contribution in [0.1, 0.15) is 34.5 Å². The molecule has 4 heterocycles. The average Bonchev–Trinajstić information content (AvgIpc) is 2.98. The molecule has 3 saturated heterocycles. The van der Waals surface area contributed by atoms with Gasteiger partial charge in [-0.2, -0.15) is 5.10 Å². The zero-order chi connectivity index (χ0) is 16.7. The second kappa shape index (κ2) is 7.51. The maximum Gasteiger partial charge on any atom is 1.00 e. The Labute approximate surface area is 159 Å². The minimum atomic E-state index is -1.14. The molecule has 3 aliphatic heterocycles. The number of nitrogens with zero attached hydrogens (tertiary/aromatic N) is 2. The standard InChI is InChI=1S/C18H24N4O2.Li/c1-11-8-13(18(23)24)17-14(20-21-15(17)9-11)2-5-19-16-10-22-6-3-12(16)4-7-22;/h8-9,12,16,19H,2-7,10H2,1H3,(H,20,21)(H,23,24);/q;+1/p-1/t16-;/m1./s1. The van der Waals surface area contributed by atoms with Crippen molar-refractivity contribution in [3.8, 4) is 0 Å². The summed E-state index contributed by atoms with van der Waals surface area (Å²) in [5.41, 5.74) is 2.69. The van der Waals surface area contributed by atoms with Gasteiger partial charge in [0, 0.05) is 42.2 Å². The van der Waals surface area contributed by atoms with E-state index in [1.165, 1.54) is 25.9 Å². The number of piperidine rings is 3. The number of carbonyl (C=O) groups excluding carboxylic acids is 1. The van der Waals surface area contributed by atoms with Gasteiger partial charge in [0.1, 0.15) is 0 Å². The molecule has 5 rings (SSSR count). The minimum Gasteiger partial charge on any atom is -0.545 e. The summed E-state index contributed by atoms with van der Waals surface area (Å²) in [7, 11) is 0. The summed E-state index contributed by atoms with van der Waals surface area (Å²) in [6.45, 7) is 6.31. The molecule has 0 radical (unpaired) electrons. The van der Waals surface area contributed by atoms with E-state index < -0.39 is 5.97 Å².